The van der Waals surface area contributed by atoms with E-state index in [0.717, 1.165) is 18.2 Å². The maximum atomic E-state index is 12.7. The van der Waals surface area contributed by atoms with Crippen LogP contribution in [-0.2, 0) is 9.24 Å². The van der Waals surface area contributed by atoms with Crippen molar-refractivity contribution >= 4 is 37.6 Å². The van der Waals surface area contributed by atoms with Gasteiger partial charge in [0.2, 0.25) is 0 Å². The van der Waals surface area contributed by atoms with E-state index < -0.39 is 21.1 Å². The minimum absolute atomic E-state index is 0.121. The van der Waals surface area contributed by atoms with Gasteiger partial charge in [-0.05, 0) is 12.1 Å². The van der Waals surface area contributed by atoms with Gasteiger partial charge in [0.1, 0.15) is 11.6 Å². The monoisotopic (exact) mass is 287 g/mol. The fourth-order valence-corrected chi connectivity index (χ4v) is 1.37. The third kappa shape index (κ3) is 4.21. The minimum Gasteiger partial charge on any atom is -0.410 e. The molecule has 1 rings (SSSR count). The average molecular weight is 288 g/mol. The molecule has 0 saturated heterocycles. The summed E-state index contributed by atoms with van der Waals surface area (Å²) in [4.78, 5) is 10.9. The molecule has 16 heavy (non-hydrogen) atoms. The van der Waals surface area contributed by atoms with Gasteiger partial charge in [-0.1, -0.05) is 11.6 Å². The molecule has 0 aliphatic rings. The second-order valence-electron chi connectivity index (χ2n) is 2.51. The molecule has 0 spiro atoms. The van der Waals surface area contributed by atoms with Gasteiger partial charge in [0.15, 0.2) is 0 Å². The van der Waals surface area contributed by atoms with Gasteiger partial charge in [0.05, 0.1) is 5.02 Å². The summed E-state index contributed by atoms with van der Waals surface area (Å²) in [6, 6.07) is 3.07. The molecule has 0 bridgehead atoms. The number of carbonyl (C=O) groups excluding carboxylic acids is 1. The van der Waals surface area contributed by atoms with Crippen molar-refractivity contribution in [3.05, 3.63) is 29.0 Å². The van der Waals surface area contributed by atoms with Gasteiger partial charge in [-0.25, -0.2) is 13.9 Å². The number of ether oxygens (including phenoxy) is 1. The molecule has 9 heteroatoms. The van der Waals surface area contributed by atoms with Gasteiger partial charge in [-0.3, -0.25) is 0 Å². The molecule has 0 radical (unpaired) electrons. The van der Waals surface area contributed by atoms with Crippen LogP contribution < -0.4 is 9.46 Å². The minimum atomic E-state index is -4.22. The average Bonchev–Trinajstić information content (AvgIpc) is 2.08. The number of nitrogens with one attached hydrogen (secondary N) is 1. The van der Waals surface area contributed by atoms with Gasteiger partial charge in [0, 0.05) is 16.7 Å². The van der Waals surface area contributed by atoms with Crippen LogP contribution in [0.4, 0.5) is 9.18 Å². The van der Waals surface area contributed by atoms with E-state index in [4.69, 9.17) is 22.3 Å². The number of amides is 1. The van der Waals surface area contributed by atoms with Gasteiger partial charge >= 0.3 is 15.3 Å². The summed E-state index contributed by atoms with van der Waals surface area (Å²) in [5, 5.41) is -0.265. The van der Waals surface area contributed by atoms with Crippen LogP contribution in [0.15, 0.2) is 18.2 Å². The second kappa shape index (κ2) is 4.86. The Bertz CT molecular complexity index is 519. The molecule has 0 aliphatic carbocycles. The summed E-state index contributed by atoms with van der Waals surface area (Å²) in [6.07, 6.45) is -1.32. The normalized spacial score (nSPS) is 10.9. The molecule has 0 unspecified atom stereocenters. The smallest absolute Gasteiger partial charge is 0.410 e. The lowest BCUT2D eigenvalue weighted by atomic mass is 10.3. The van der Waals surface area contributed by atoms with Crippen molar-refractivity contribution in [1.82, 2.24) is 4.72 Å². The molecule has 0 fully saturated rings. The van der Waals surface area contributed by atoms with Gasteiger partial charge < -0.3 is 4.74 Å². The summed E-state index contributed by atoms with van der Waals surface area (Å²) in [6.45, 7) is 0. The van der Waals surface area contributed by atoms with Crippen LogP contribution in [0, 0.1) is 5.82 Å². The molecule has 5 nitrogen and oxygen atoms in total. The Balaban J connectivity index is 2.74. The van der Waals surface area contributed by atoms with Crippen molar-refractivity contribution in [2.75, 3.05) is 0 Å². The molecule has 0 heterocycles. The van der Waals surface area contributed by atoms with Crippen LogP contribution in [-0.4, -0.2) is 14.5 Å². The van der Waals surface area contributed by atoms with E-state index in [2.05, 4.69) is 4.74 Å². The maximum absolute atomic E-state index is 12.7. The Morgan fingerprint density at radius 3 is 2.56 bits per heavy atom. The van der Waals surface area contributed by atoms with Gasteiger partial charge in [0.25, 0.3) is 0 Å². The number of halogens is 3. The highest BCUT2D eigenvalue weighted by Crippen LogP contribution is 2.21. The Labute approximate surface area is 99.7 Å². The molecule has 0 aliphatic heterocycles. The van der Waals surface area contributed by atoms with Crippen LogP contribution in [0.5, 0.6) is 5.75 Å². The highest BCUT2D eigenvalue weighted by Gasteiger charge is 2.13. The van der Waals surface area contributed by atoms with Crippen molar-refractivity contribution in [1.29, 1.82) is 0 Å². The molecular weight excluding hydrogens is 284 g/mol. The van der Waals surface area contributed by atoms with E-state index in [9.17, 15) is 17.6 Å². The first kappa shape index (κ1) is 13.0. The third-order valence-electron chi connectivity index (χ3n) is 1.31. The van der Waals surface area contributed by atoms with Crippen molar-refractivity contribution in [2.24, 2.45) is 0 Å². The lowest BCUT2D eigenvalue weighted by molar-refractivity contribution is 0.207. The number of hydrogen-bond donors (Lipinski definition) is 1. The summed E-state index contributed by atoms with van der Waals surface area (Å²) < 4.78 is 39.3. The van der Waals surface area contributed by atoms with E-state index in [1.54, 1.807) is 0 Å². The third-order valence-corrected chi connectivity index (χ3v) is 2.24. The lowest BCUT2D eigenvalue weighted by Gasteiger charge is -2.04. The molecule has 1 amide bonds. The van der Waals surface area contributed by atoms with E-state index in [1.807, 2.05) is 0 Å². The van der Waals surface area contributed by atoms with Gasteiger partial charge in [-0.15, -0.1) is 0 Å². The standard InChI is InChI=1S/C7H4Cl2FNO4S/c8-5-3-4(1-2-6(5)10)15-7(12)11-16(9,13)14/h1-3H,(H,11,12). The Morgan fingerprint density at radius 1 is 1.44 bits per heavy atom. The molecule has 1 aromatic rings. The van der Waals surface area contributed by atoms with E-state index in [1.165, 1.54) is 4.72 Å². The molecule has 88 valence electrons. The summed E-state index contributed by atoms with van der Waals surface area (Å²) in [5.41, 5.74) is 0. The molecule has 0 saturated carbocycles. The Kier molecular flexibility index (Phi) is 3.95. The maximum Gasteiger partial charge on any atom is 0.427 e. The molecule has 1 N–H and O–H groups in total. The quantitative estimate of drug-likeness (QED) is 0.845. The number of carbonyl (C=O) groups is 1. The lowest BCUT2D eigenvalue weighted by Crippen LogP contribution is -2.29. The van der Waals surface area contributed by atoms with Crippen molar-refractivity contribution in [3.8, 4) is 5.75 Å². The number of rotatable bonds is 2. The second-order valence-corrected chi connectivity index (χ2v) is 5.21. The zero-order valence-electron chi connectivity index (χ0n) is 7.41. The zero-order chi connectivity index (χ0) is 12.3. The largest absolute Gasteiger partial charge is 0.427 e. The summed E-state index contributed by atoms with van der Waals surface area (Å²) in [7, 11) is 0.504. The van der Waals surface area contributed by atoms with Crippen LogP contribution >= 0.6 is 22.3 Å². The highest BCUT2D eigenvalue weighted by molar-refractivity contribution is 8.12. The molecule has 0 atom stereocenters. The van der Waals surface area contributed by atoms with Crippen molar-refractivity contribution < 1.29 is 22.3 Å². The van der Waals surface area contributed by atoms with Crippen LogP contribution in [0.2, 0.25) is 5.02 Å². The SMILES string of the molecule is O=C(NS(=O)(=O)Cl)Oc1ccc(F)c(Cl)c1. The summed E-state index contributed by atoms with van der Waals surface area (Å²) in [5.74, 6) is -0.816. The number of hydrogen-bond acceptors (Lipinski definition) is 4. The first-order chi connectivity index (χ1) is 7.28. The Hall–Kier alpha value is -1.05. The molecular formula is C7H4Cl2FNO4S. The predicted octanol–water partition coefficient (Wildman–Crippen LogP) is 2.05. The van der Waals surface area contributed by atoms with E-state index in [-0.39, 0.29) is 10.8 Å². The number of benzene rings is 1. The summed E-state index contributed by atoms with van der Waals surface area (Å²) >= 11 is 5.40. The van der Waals surface area contributed by atoms with Crippen molar-refractivity contribution in [3.63, 3.8) is 0 Å². The first-order valence-electron chi connectivity index (χ1n) is 3.67. The van der Waals surface area contributed by atoms with Crippen LogP contribution in [0.1, 0.15) is 0 Å². The van der Waals surface area contributed by atoms with Crippen molar-refractivity contribution in [2.45, 2.75) is 0 Å². The first-order valence-corrected chi connectivity index (χ1v) is 6.36. The fourth-order valence-electron chi connectivity index (χ4n) is 0.768. The van der Waals surface area contributed by atoms with E-state index in [0.29, 0.717) is 0 Å². The Morgan fingerprint density at radius 2 is 2.06 bits per heavy atom. The molecule has 0 aromatic heterocycles. The van der Waals surface area contributed by atoms with Crippen LogP contribution in [0.3, 0.4) is 0 Å². The zero-order valence-corrected chi connectivity index (χ0v) is 9.74. The van der Waals surface area contributed by atoms with Gasteiger partial charge in [-0.2, -0.15) is 8.42 Å². The topological polar surface area (TPSA) is 72.5 Å². The predicted molar refractivity (Wildman–Crippen MR) is 55.3 cm³/mol. The molecule has 1 aromatic carbocycles. The van der Waals surface area contributed by atoms with Crippen LogP contribution in [0.25, 0.3) is 0 Å². The fraction of sp³-hybridized carbons (Fsp3) is 0. The van der Waals surface area contributed by atoms with E-state index >= 15 is 0 Å². The highest BCUT2D eigenvalue weighted by atomic mass is 35.7.